The molecule has 3 aromatic carbocycles. The summed E-state index contributed by atoms with van der Waals surface area (Å²) in [6.07, 6.45) is 0.0632. The van der Waals surface area contributed by atoms with Crippen molar-refractivity contribution in [1.29, 1.82) is 0 Å². The Morgan fingerprint density at radius 3 is 1.75 bits per heavy atom. The van der Waals surface area contributed by atoms with Gasteiger partial charge in [0.1, 0.15) is 18.7 Å². The number of urea groups is 1. The van der Waals surface area contributed by atoms with Crippen molar-refractivity contribution in [3.8, 4) is 11.1 Å². The fraction of sp³-hybridized carbons (Fsp3) is 0.500. The van der Waals surface area contributed by atoms with E-state index in [9.17, 15) is 29.1 Å². The number of nitrogens with one attached hydrogen (secondary N) is 5. The average molecular weight is 893 g/mol. The quantitative estimate of drug-likeness (QED) is 0.0461. The van der Waals surface area contributed by atoms with Crippen LogP contribution < -0.4 is 32.3 Å². The number of amides is 6. The summed E-state index contributed by atoms with van der Waals surface area (Å²) in [5.74, 6) is -1.70. The molecule has 0 saturated heterocycles. The van der Waals surface area contributed by atoms with Crippen LogP contribution in [0.2, 0.25) is 0 Å². The van der Waals surface area contributed by atoms with E-state index in [-0.39, 0.29) is 57.6 Å². The first-order valence-corrected chi connectivity index (χ1v) is 21.7. The number of carbonyl (C=O) groups excluding carboxylic acids is 5. The van der Waals surface area contributed by atoms with Crippen molar-refractivity contribution >= 4 is 35.5 Å². The van der Waals surface area contributed by atoms with E-state index in [4.69, 9.17) is 34.2 Å². The van der Waals surface area contributed by atoms with Crippen LogP contribution in [0.3, 0.4) is 0 Å². The summed E-state index contributed by atoms with van der Waals surface area (Å²) in [5.41, 5.74) is 11.0. The van der Waals surface area contributed by atoms with Crippen molar-refractivity contribution in [2.75, 3.05) is 91.1 Å². The van der Waals surface area contributed by atoms with Gasteiger partial charge in [0, 0.05) is 31.1 Å². The Morgan fingerprint density at radius 1 is 0.656 bits per heavy atom. The van der Waals surface area contributed by atoms with Gasteiger partial charge in [-0.15, -0.1) is 0 Å². The van der Waals surface area contributed by atoms with E-state index in [0.29, 0.717) is 77.1 Å². The number of anilines is 1. The molecule has 1 aliphatic rings. The summed E-state index contributed by atoms with van der Waals surface area (Å²) >= 11 is 0. The molecule has 350 valence electrons. The molecule has 64 heavy (non-hydrogen) atoms. The fourth-order valence-corrected chi connectivity index (χ4v) is 6.77. The van der Waals surface area contributed by atoms with Crippen LogP contribution in [-0.4, -0.2) is 133 Å². The molecule has 1 aliphatic carbocycles. The molecule has 0 fully saturated rings. The second-order valence-electron chi connectivity index (χ2n) is 15.2. The highest BCUT2D eigenvalue weighted by atomic mass is 16.6. The van der Waals surface area contributed by atoms with Crippen molar-refractivity contribution in [3.05, 3.63) is 89.5 Å². The van der Waals surface area contributed by atoms with E-state index in [0.717, 1.165) is 11.1 Å². The topological polar surface area (TPSA) is 247 Å². The normalized spacial score (nSPS) is 12.8. The third-order valence-corrected chi connectivity index (χ3v) is 10.1. The van der Waals surface area contributed by atoms with E-state index < -0.39 is 41.9 Å². The number of aliphatic hydroxyl groups is 1. The summed E-state index contributed by atoms with van der Waals surface area (Å²) in [4.78, 5) is 62.7. The average Bonchev–Trinajstić information content (AvgIpc) is 3.61. The second kappa shape index (κ2) is 28.9. The van der Waals surface area contributed by atoms with Gasteiger partial charge in [-0.1, -0.05) is 74.5 Å². The van der Waals surface area contributed by atoms with Gasteiger partial charge in [-0.3, -0.25) is 14.4 Å². The zero-order valence-electron chi connectivity index (χ0n) is 36.8. The maximum Gasteiger partial charge on any atom is 0.407 e. The molecule has 0 radical (unpaired) electrons. The molecule has 4 rings (SSSR count). The largest absolute Gasteiger partial charge is 0.449 e. The molecule has 0 aliphatic heterocycles. The minimum Gasteiger partial charge on any atom is -0.449 e. The maximum absolute atomic E-state index is 13.3. The van der Waals surface area contributed by atoms with Gasteiger partial charge in [-0.2, -0.15) is 0 Å². The summed E-state index contributed by atoms with van der Waals surface area (Å²) < 4.78 is 33.1. The molecule has 2 atom stereocenters. The first-order valence-electron chi connectivity index (χ1n) is 21.7. The summed E-state index contributed by atoms with van der Waals surface area (Å²) in [6, 6.07) is 20.4. The van der Waals surface area contributed by atoms with Crippen LogP contribution in [-0.2, 0) is 49.4 Å². The minimum absolute atomic E-state index is 0.00686. The highest BCUT2D eigenvalue weighted by Crippen LogP contribution is 2.44. The standard InChI is InChI=1S/C46H64N6O12/c1-32(2)42(44(56)51-40(12-7-18-48-45(47)57)43(55)50-34-15-13-33(30-53)14-16-34)52-41(54)17-20-59-22-24-61-26-28-63-29-27-62-25-23-60-21-19-49-46(58)64-31-39-37-10-5-3-8-35(37)36-9-4-6-11-38(36)39/h3-6,8-11,13-16,32,39-40,42,53H,7,12,17-31H2,1-2H3,(H,49,58)(H,50,55)(H,51,56)(H,52,54)(H3,47,48,57)/t40-,42-/m0/s1. The maximum atomic E-state index is 13.3. The van der Waals surface area contributed by atoms with Crippen LogP contribution in [0.25, 0.3) is 11.1 Å². The lowest BCUT2D eigenvalue weighted by Gasteiger charge is -2.25. The Hall–Kier alpha value is -5.63. The Morgan fingerprint density at radius 2 is 1.20 bits per heavy atom. The molecule has 0 heterocycles. The highest BCUT2D eigenvalue weighted by molar-refractivity contribution is 5.98. The van der Waals surface area contributed by atoms with Gasteiger partial charge in [-0.05, 0) is 58.7 Å². The third kappa shape index (κ3) is 18.2. The summed E-state index contributed by atoms with van der Waals surface area (Å²) in [6.45, 7) is 7.43. The molecule has 0 saturated carbocycles. The monoisotopic (exact) mass is 892 g/mol. The Labute approximate surface area is 374 Å². The molecule has 0 unspecified atom stereocenters. The fourth-order valence-electron chi connectivity index (χ4n) is 6.77. The number of aliphatic hydroxyl groups excluding tert-OH is 1. The molecular weight excluding hydrogens is 829 g/mol. The number of primary amides is 1. The van der Waals surface area contributed by atoms with E-state index in [1.54, 1.807) is 38.1 Å². The molecular formula is C46H64N6O12. The predicted molar refractivity (Wildman–Crippen MR) is 238 cm³/mol. The number of alkyl carbamates (subject to hydrolysis) is 1. The van der Waals surface area contributed by atoms with E-state index in [1.807, 2.05) is 24.3 Å². The van der Waals surface area contributed by atoms with E-state index in [2.05, 4.69) is 50.8 Å². The first-order chi connectivity index (χ1) is 31.1. The zero-order chi connectivity index (χ0) is 45.9. The van der Waals surface area contributed by atoms with Gasteiger partial charge in [-0.25, -0.2) is 9.59 Å². The molecule has 8 N–H and O–H groups in total. The molecule has 0 bridgehead atoms. The summed E-state index contributed by atoms with van der Waals surface area (Å²) in [7, 11) is 0. The van der Waals surface area contributed by atoms with Crippen LogP contribution >= 0.6 is 0 Å². The van der Waals surface area contributed by atoms with Gasteiger partial charge in [0.15, 0.2) is 0 Å². The number of hydrogen-bond acceptors (Lipinski definition) is 12. The van der Waals surface area contributed by atoms with Crippen LogP contribution in [0.4, 0.5) is 15.3 Å². The van der Waals surface area contributed by atoms with Crippen LogP contribution in [0, 0.1) is 5.92 Å². The van der Waals surface area contributed by atoms with Crippen LogP contribution in [0.5, 0.6) is 0 Å². The summed E-state index contributed by atoms with van der Waals surface area (Å²) in [5, 5.41) is 22.7. The molecule has 18 nitrogen and oxygen atoms in total. The van der Waals surface area contributed by atoms with Gasteiger partial charge in [0.2, 0.25) is 17.7 Å². The highest BCUT2D eigenvalue weighted by Gasteiger charge is 2.30. The number of rotatable bonds is 31. The first kappa shape index (κ1) is 51.0. The van der Waals surface area contributed by atoms with Crippen molar-refractivity contribution in [3.63, 3.8) is 0 Å². The lowest BCUT2D eigenvalue weighted by atomic mass is 9.98. The zero-order valence-corrected chi connectivity index (χ0v) is 36.8. The van der Waals surface area contributed by atoms with Crippen molar-refractivity contribution in [2.45, 2.75) is 57.7 Å². The molecule has 3 aromatic rings. The molecule has 6 amide bonds. The van der Waals surface area contributed by atoms with Crippen molar-refractivity contribution in [2.24, 2.45) is 11.7 Å². The predicted octanol–water partition coefficient (Wildman–Crippen LogP) is 3.20. The lowest BCUT2D eigenvalue weighted by Crippen LogP contribution is -2.54. The van der Waals surface area contributed by atoms with Crippen LogP contribution in [0.15, 0.2) is 72.8 Å². The van der Waals surface area contributed by atoms with Gasteiger partial charge in [0.25, 0.3) is 0 Å². The Kier molecular flexibility index (Phi) is 23.1. The molecule has 0 spiro atoms. The second-order valence-corrected chi connectivity index (χ2v) is 15.2. The van der Waals surface area contributed by atoms with Crippen molar-refractivity contribution in [1.82, 2.24) is 21.3 Å². The van der Waals surface area contributed by atoms with Gasteiger partial charge >= 0.3 is 12.1 Å². The molecule has 18 heteroatoms. The third-order valence-electron chi connectivity index (χ3n) is 10.1. The van der Waals surface area contributed by atoms with Crippen LogP contribution in [0.1, 0.15) is 55.7 Å². The lowest BCUT2D eigenvalue weighted by molar-refractivity contribution is -0.132. The Bertz CT molecular complexity index is 1850. The number of ether oxygens (including phenoxy) is 6. The van der Waals surface area contributed by atoms with Gasteiger partial charge in [0.05, 0.1) is 72.7 Å². The number of hydrogen-bond donors (Lipinski definition) is 7. The number of carbonyl (C=O) groups is 5. The van der Waals surface area contributed by atoms with E-state index in [1.165, 1.54) is 11.1 Å². The van der Waals surface area contributed by atoms with Gasteiger partial charge < -0.3 is 65.8 Å². The molecule has 0 aromatic heterocycles. The van der Waals surface area contributed by atoms with E-state index >= 15 is 0 Å². The minimum atomic E-state index is -0.974. The smallest absolute Gasteiger partial charge is 0.407 e. The van der Waals surface area contributed by atoms with Crippen molar-refractivity contribution < 1.29 is 57.5 Å². The Balaban J connectivity index is 0.965. The SMILES string of the molecule is CC(C)[C@H](NC(=O)CCOCCOCCOCCOCCOCCNC(=O)OCC1c2ccccc2-c2ccccc21)C(=O)N[C@@H](CCCNC(N)=O)C(=O)Nc1ccc(CO)cc1. The number of benzene rings is 3. The number of fused-ring (bicyclic) bond motifs is 3. The number of nitrogens with two attached hydrogens (primary N) is 1.